The van der Waals surface area contributed by atoms with Crippen LogP contribution in [0.4, 0.5) is 0 Å². The third-order valence-electron chi connectivity index (χ3n) is 3.79. The minimum absolute atomic E-state index is 0.117. The molecule has 0 fully saturated rings. The van der Waals surface area contributed by atoms with Crippen molar-refractivity contribution in [3.8, 4) is 0 Å². The fourth-order valence-corrected chi connectivity index (χ4v) is 2.75. The SMILES string of the molecule is CCn1ncc2c(Cl)c(C(=O)N[C@H](C)c3ccccc3)cnc21. The van der Waals surface area contributed by atoms with E-state index in [-0.39, 0.29) is 11.9 Å². The first kappa shape index (κ1) is 15.5. The van der Waals surface area contributed by atoms with Crippen molar-refractivity contribution in [3.63, 3.8) is 0 Å². The number of hydrogen-bond donors (Lipinski definition) is 1. The fourth-order valence-electron chi connectivity index (χ4n) is 2.49. The predicted molar refractivity (Wildman–Crippen MR) is 90.5 cm³/mol. The van der Waals surface area contributed by atoms with Gasteiger partial charge in [-0.3, -0.25) is 4.79 Å². The Morgan fingerprint density at radius 1 is 1.30 bits per heavy atom. The van der Waals surface area contributed by atoms with Gasteiger partial charge in [-0.05, 0) is 19.4 Å². The Balaban J connectivity index is 1.88. The lowest BCUT2D eigenvalue weighted by atomic mass is 10.1. The van der Waals surface area contributed by atoms with E-state index in [1.165, 1.54) is 6.20 Å². The summed E-state index contributed by atoms with van der Waals surface area (Å²) in [5.74, 6) is -0.245. The lowest BCUT2D eigenvalue weighted by Crippen LogP contribution is -2.27. The number of nitrogens with zero attached hydrogens (tertiary/aromatic N) is 3. The van der Waals surface area contributed by atoms with E-state index in [2.05, 4.69) is 15.4 Å². The van der Waals surface area contributed by atoms with Gasteiger partial charge in [0.15, 0.2) is 5.65 Å². The molecule has 0 aliphatic rings. The first-order chi connectivity index (χ1) is 11.1. The Morgan fingerprint density at radius 2 is 2.04 bits per heavy atom. The van der Waals surface area contributed by atoms with Crippen LogP contribution in [-0.4, -0.2) is 20.7 Å². The number of pyridine rings is 1. The van der Waals surface area contributed by atoms with E-state index in [1.807, 2.05) is 44.2 Å². The van der Waals surface area contributed by atoms with Gasteiger partial charge in [0.05, 0.1) is 28.2 Å². The van der Waals surface area contributed by atoms with Gasteiger partial charge in [0, 0.05) is 12.7 Å². The highest BCUT2D eigenvalue weighted by Crippen LogP contribution is 2.26. The number of halogens is 1. The van der Waals surface area contributed by atoms with Crippen LogP contribution in [0.5, 0.6) is 0 Å². The summed E-state index contributed by atoms with van der Waals surface area (Å²) in [6.07, 6.45) is 3.15. The highest BCUT2D eigenvalue weighted by atomic mass is 35.5. The molecule has 3 rings (SSSR count). The predicted octanol–water partition coefficient (Wildman–Crippen LogP) is 3.60. The average molecular weight is 329 g/mol. The second-order valence-corrected chi connectivity index (χ2v) is 5.67. The molecule has 1 atom stereocenters. The molecule has 6 heteroatoms. The van der Waals surface area contributed by atoms with Crippen molar-refractivity contribution in [2.75, 3.05) is 0 Å². The van der Waals surface area contributed by atoms with Crippen LogP contribution in [-0.2, 0) is 6.54 Å². The molecule has 0 saturated heterocycles. The molecule has 118 valence electrons. The van der Waals surface area contributed by atoms with Gasteiger partial charge in [0.25, 0.3) is 5.91 Å². The van der Waals surface area contributed by atoms with Crippen LogP contribution in [0.2, 0.25) is 5.02 Å². The van der Waals surface area contributed by atoms with Crippen molar-refractivity contribution in [1.29, 1.82) is 0 Å². The van der Waals surface area contributed by atoms with Gasteiger partial charge in [-0.1, -0.05) is 41.9 Å². The number of hydrogen-bond acceptors (Lipinski definition) is 3. The first-order valence-electron chi connectivity index (χ1n) is 7.47. The summed E-state index contributed by atoms with van der Waals surface area (Å²) >= 11 is 6.38. The number of carbonyl (C=O) groups is 1. The van der Waals surface area contributed by atoms with Crippen LogP contribution in [0.15, 0.2) is 42.7 Å². The number of benzene rings is 1. The summed E-state index contributed by atoms with van der Waals surface area (Å²) in [7, 11) is 0. The zero-order valence-corrected chi connectivity index (χ0v) is 13.7. The maximum atomic E-state index is 12.5. The Kier molecular flexibility index (Phi) is 4.30. The number of carbonyl (C=O) groups excluding carboxylic acids is 1. The third-order valence-corrected chi connectivity index (χ3v) is 4.20. The number of aryl methyl sites for hydroxylation is 1. The molecule has 0 unspecified atom stereocenters. The number of fused-ring (bicyclic) bond motifs is 1. The van der Waals surface area contributed by atoms with Gasteiger partial charge < -0.3 is 5.32 Å². The molecule has 1 amide bonds. The quantitative estimate of drug-likeness (QED) is 0.796. The maximum Gasteiger partial charge on any atom is 0.254 e. The number of amides is 1. The zero-order valence-electron chi connectivity index (χ0n) is 13.0. The van der Waals surface area contributed by atoms with E-state index in [0.717, 1.165) is 5.56 Å². The van der Waals surface area contributed by atoms with Crippen LogP contribution in [0.25, 0.3) is 11.0 Å². The summed E-state index contributed by atoms with van der Waals surface area (Å²) in [6, 6.07) is 9.65. The minimum atomic E-state index is -0.245. The molecule has 5 nitrogen and oxygen atoms in total. The fraction of sp³-hybridized carbons (Fsp3) is 0.235. The van der Waals surface area contributed by atoms with E-state index in [9.17, 15) is 4.79 Å². The number of aromatic nitrogens is 3. The highest BCUT2D eigenvalue weighted by Gasteiger charge is 2.18. The Morgan fingerprint density at radius 3 is 2.74 bits per heavy atom. The van der Waals surface area contributed by atoms with E-state index in [4.69, 9.17) is 11.6 Å². The number of nitrogens with one attached hydrogen (secondary N) is 1. The topological polar surface area (TPSA) is 59.8 Å². The third kappa shape index (κ3) is 2.92. The molecule has 1 N–H and O–H groups in total. The van der Waals surface area contributed by atoms with Crippen molar-refractivity contribution < 1.29 is 4.79 Å². The molecule has 0 saturated carbocycles. The molecular formula is C17H17ClN4O. The summed E-state index contributed by atoms with van der Waals surface area (Å²) < 4.78 is 1.75. The summed E-state index contributed by atoms with van der Waals surface area (Å²) in [6.45, 7) is 4.61. The van der Waals surface area contributed by atoms with Crippen LogP contribution >= 0.6 is 11.6 Å². The van der Waals surface area contributed by atoms with Crippen molar-refractivity contribution in [2.45, 2.75) is 26.4 Å². The van der Waals surface area contributed by atoms with E-state index >= 15 is 0 Å². The highest BCUT2D eigenvalue weighted by molar-refractivity contribution is 6.38. The van der Waals surface area contributed by atoms with Crippen molar-refractivity contribution >= 4 is 28.5 Å². The van der Waals surface area contributed by atoms with Gasteiger partial charge >= 0.3 is 0 Å². The molecule has 2 heterocycles. The van der Waals surface area contributed by atoms with Crippen LogP contribution < -0.4 is 5.32 Å². The lowest BCUT2D eigenvalue weighted by molar-refractivity contribution is 0.0940. The second kappa shape index (κ2) is 6.38. The molecule has 0 aliphatic carbocycles. The molecular weight excluding hydrogens is 312 g/mol. The molecule has 0 spiro atoms. The molecule has 3 aromatic rings. The molecule has 0 aliphatic heterocycles. The Labute approximate surface area is 139 Å². The molecule has 23 heavy (non-hydrogen) atoms. The maximum absolute atomic E-state index is 12.5. The lowest BCUT2D eigenvalue weighted by Gasteiger charge is -2.15. The minimum Gasteiger partial charge on any atom is -0.345 e. The van der Waals surface area contributed by atoms with E-state index < -0.39 is 0 Å². The van der Waals surface area contributed by atoms with Crippen molar-refractivity contribution in [1.82, 2.24) is 20.1 Å². The standard InChI is InChI=1S/C17H17ClN4O/c1-3-22-16-13(10-20-22)15(18)14(9-19-16)17(23)21-11(2)12-7-5-4-6-8-12/h4-11H,3H2,1-2H3,(H,21,23)/t11-/m1/s1. The van der Waals surface area contributed by atoms with Crippen LogP contribution in [0.1, 0.15) is 35.8 Å². The van der Waals surface area contributed by atoms with Gasteiger partial charge in [-0.15, -0.1) is 0 Å². The second-order valence-electron chi connectivity index (χ2n) is 5.29. The monoisotopic (exact) mass is 328 g/mol. The van der Waals surface area contributed by atoms with Gasteiger partial charge in [0.1, 0.15) is 0 Å². The van der Waals surface area contributed by atoms with Gasteiger partial charge in [-0.25, -0.2) is 9.67 Å². The van der Waals surface area contributed by atoms with Crippen molar-refractivity contribution in [3.05, 3.63) is 58.9 Å². The number of rotatable bonds is 4. The molecule has 2 aromatic heterocycles. The Hall–Kier alpha value is -2.40. The van der Waals surface area contributed by atoms with E-state index in [0.29, 0.717) is 28.2 Å². The zero-order chi connectivity index (χ0) is 16.4. The largest absolute Gasteiger partial charge is 0.345 e. The summed E-state index contributed by atoms with van der Waals surface area (Å²) in [5.41, 5.74) is 2.08. The van der Waals surface area contributed by atoms with Crippen LogP contribution in [0.3, 0.4) is 0 Å². The molecule has 0 bridgehead atoms. The van der Waals surface area contributed by atoms with Crippen molar-refractivity contribution in [2.24, 2.45) is 0 Å². The normalized spacial score (nSPS) is 12.3. The summed E-state index contributed by atoms with van der Waals surface area (Å²) in [5, 5.41) is 8.24. The summed E-state index contributed by atoms with van der Waals surface area (Å²) in [4.78, 5) is 16.8. The smallest absolute Gasteiger partial charge is 0.254 e. The van der Waals surface area contributed by atoms with Crippen LogP contribution in [0, 0.1) is 0 Å². The molecule has 1 aromatic carbocycles. The first-order valence-corrected chi connectivity index (χ1v) is 7.85. The van der Waals surface area contributed by atoms with Gasteiger partial charge in [0.2, 0.25) is 0 Å². The van der Waals surface area contributed by atoms with E-state index in [1.54, 1.807) is 10.9 Å². The van der Waals surface area contributed by atoms with Gasteiger partial charge in [-0.2, -0.15) is 5.10 Å². The average Bonchev–Trinajstić information content (AvgIpc) is 2.99. The Bertz CT molecular complexity index is 844. The molecule has 0 radical (unpaired) electrons.